The van der Waals surface area contributed by atoms with Gasteiger partial charge in [0.2, 0.25) is 5.91 Å². The van der Waals surface area contributed by atoms with Crippen molar-refractivity contribution in [2.75, 3.05) is 18.4 Å². The molecule has 1 aromatic carbocycles. The van der Waals surface area contributed by atoms with Crippen LogP contribution in [0, 0.1) is 5.92 Å². The SMILES string of the molecule is CC1CC(O)CN(C(C)C(=O)Nc2ccc(Cl)cc2C(F)(F)F)C1. The highest BCUT2D eigenvalue weighted by molar-refractivity contribution is 6.30. The number of benzene rings is 1. The Balaban J connectivity index is 2.15. The average molecular weight is 365 g/mol. The highest BCUT2D eigenvalue weighted by Crippen LogP contribution is 2.36. The molecule has 1 aromatic rings. The van der Waals surface area contributed by atoms with Crippen LogP contribution in [-0.2, 0) is 11.0 Å². The second kappa shape index (κ2) is 7.29. The van der Waals surface area contributed by atoms with Gasteiger partial charge in [-0.3, -0.25) is 9.69 Å². The number of alkyl halides is 3. The molecule has 1 aliphatic rings. The summed E-state index contributed by atoms with van der Waals surface area (Å²) in [5.41, 5.74) is -1.31. The van der Waals surface area contributed by atoms with E-state index in [-0.39, 0.29) is 16.6 Å². The number of aliphatic hydroxyl groups excluding tert-OH is 1. The predicted octanol–water partition coefficient (Wildman–Crippen LogP) is 3.39. The van der Waals surface area contributed by atoms with E-state index < -0.39 is 29.8 Å². The van der Waals surface area contributed by atoms with Crippen molar-refractivity contribution in [2.24, 2.45) is 5.92 Å². The molecule has 0 aromatic heterocycles. The smallest absolute Gasteiger partial charge is 0.392 e. The van der Waals surface area contributed by atoms with Crippen LogP contribution >= 0.6 is 11.6 Å². The van der Waals surface area contributed by atoms with Crippen LogP contribution in [-0.4, -0.2) is 41.1 Å². The summed E-state index contributed by atoms with van der Waals surface area (Å²) < 4.78 is 39.3. The topological polar surface area (TPSA) is 52.6 Å². The molecule has 8 heteroatoms. The van der Waals surface area contributed by atoms with Gasteiger partial charge in [0.05, 0.1) is 23.4 Å². The minimum atomic E-state index is -4.62. The lowest BCUT2D eigenvalue weighted by molar-refractivity contribution is -0.137. The Labute approximate surface area is 143 Å². The number of hydrogen-bond acceptors (Lipinski definition) is 3. The first-order valence-corrected chi connectivity index (χ1v) is 8.05. The number of piperidine rings is 1. The molecule has 0 spiro atoms. The third kappa shape index (κ3) is 4.62. The third-order valence-electron chi connectivity index (χ3n) is 4.14. The molecule has 0 saturated carbocycles. The lowest BCUT2D eigenvalue weighted by atomic mass is 9.96. The van der Waals surface area contributed by atoms with Gasteiger partial charge >= 0.3 is 6.18 Å². The molecule has 134 valence electrons. The molecule has 3 atom stereocenters. The zero-order valence-corrected chi connectivity index (χ0v) is 14.2. The van der Waals surface area contributed by atoms with Crippen molar-refractivity contribution in [3.05, 3.63) is 28.8 Å². The fraction of sp³-hybridized carbons (Fsp3) is 0.562. The average Bonchev–Trinajstić information content (AvgIpc) is 2.46. The van der Waals surface area contributed by atoms with Crippen molar-refractivity contribution in [1.82, 2.24) is 4.90 Å². The normalized spacial score (nSPS) is 23.8. The maximum Gasteiger partial charge on any atom is 0.418 e. The van der Waals surface area contributed by atoms with Crippen LogP contribution in [0.2, 0.25) is 5.02 Å². The largest absolute Gasteiger partial charge is 0.418 e. The van der Waals surface area contributed by atoms with Gasteiger partial charge < -0.3 is 10.4 Å². The number of nitrogens with zero attached hydrogens (tertiary/aromatic N) is 1. The molecule has 0 radical (unpaired) electrons. The van der Waals surface area contributed by atoms with E-state index in [4.69, 9.17) is 11.6 Å². The number of carbonyl (C=O) groups is 1. The summed E-state index contributed by atoms with van der Waals surface area (Å²) in [7, 11) is 0. The number of nitrogens with one attached hydrogen (secondary N) is 1. The molecule has 1 amide bonds. The Hall–Kier alpha value is -1.31. The summed E-state index contributed by atoms with van der Waals surface area (Å²) in [5.74, 6) is -0.339. The van der Waals surface area contributed by atoms with Crippen LogP contribution in [0.4, 0.5) is 18.9 Å². The summed E-state index contributed by atoms with van der Waals surface area (Å²) in [4.78, 5) is 14.1. The first-order valence-electron chi connectivity index (χ1n) is 7.67. The van der Waals surface area contributed by atoms with Crippen LogP contribution < -0.4 is 5.32 Å². The molecule has 2 rings (SSSR count). The van der Waals surface area contributed by atoms with E-state index in [1.54, 1.807) is 11.8 Å². The molecule has 3 unspecified atom stereocenters. The Morgan fingerprint density at radius 3 is 2.67 bits per heavy atom. The van der Waals surface area contributed by atoms with E-state index in [0.29, 0.717) is 19.5 Å². The zero-order valence-electron chi connectivity index (χ0n) is 13.4. The quantitative estimate of drug-likeness (QED) is 0.864. The number of halogens is 4. The number of carbonyl (C=O) groups excluding carboxylic acids is 1. The number of amides is 1. The van der Waals surface area contributed by atoms with Gasteiger partial charge in [0, 0.05) is 18.1 Å². The molecule has 1 heterocycles. The Morgan fingerprint density at radius 2 is 2.08 bits per heavy atom. The van der Waals surface area contributed by atoms with Gasteiger partial charge in [-0.2, -0.15) is 13.2 Å². The van der Waals surface area contributed by atoms with Crippen LogP contribution in [0.25, 0.3) is 0 Å². The Bertz CT molecular complexity index is 599. The third-order valence-corrected chi connectivity index (χ3v) is 4.37. The number of aliphatic hydroxyl groups is 1. The zero-order chi connectivity index (χ0) is 18.1. The minimum absolute atomic E-state index is 0.0543. The van der Waals surface area contributed by atoms with Crippen LogP contribution in [0.3, 0.4) is 0 Å². The van der Waals surface area contributed by atoms with Crippen molar-refractivity contribution in [3.8, 4) is 0 Å². The summed E-state index contributed by atoms with van der Waals surface area (Å²) >= 11 is 5.63. The van der Waals surface area contributed by atoms with Gasteiger partial charge in [0.25, 0.3) is 0 Å². The van der Waals surface area contributed by atoms with E-state index in [1.807, 2.05) is 6.92 Å². The van der Waals surface area contributed by atoms with Crippen LogP contribution in [0.1, 0.15) is 25.8 Å². The second-order valence-corrected chi connectivity index (χ2v) is 6.74. The highest BCUT2D eigenvalue weighted by Gasteiger charge is 2.35. The van der Waals surface area contributed by atoms with E-state index in [1.165, 1.54) is 6.07 Å². The summed E-state index contributed by atoms with van der Waals surface area (Å²) in [5, 5.41) is 12.1. The lowest BCUT2D eigenvalue weighted by Gasteiger charge is -2.37. The first-order chi connectivity index (χ1) is 11.1. The molecular formula is C16H20ClF3N2O2. The first kappa shape index (κ1) is 19.0. The van der Waals surface area contributed by atoms with Gasteiger partial charge in [-0.1, -0.05) is 18.5 Å². The van der Waals surface area contributed by atoms with Gasteiger partial charge in [-0.25, -0.2) is 0 Å². The van der Waals surface area contributed by atoms with Gasteiger partial charge in [-0.15, -0.1) is 0 Å². The number of β-amino-alcohol motifs (C(OH)–C–C–N with tert-alkyl or cyclic N) is 1. The number of rotatable bonds is 3. The van der Waals surface area contributed by atoms with E-state index >= 15 is 0 Å². The van der Waals surface area contributed by atoms with Gasteiger partial charge in [0.15, 0.2) is 0 Å². The van der Waals surface area contributed by atoms with Gasteiger partial charge in [-0.05, 0) is 37.5 Å². The molecule has 0 bridgehead atoms. The maximum atomic E-state index is 13.1. The summed E-state index contributed by atoms with van der Waals surface area (Å²) in [6.45, 7) is 4.51. The fourth-order valence-electron chi connectivity index (χ4n) is 2.94. The Morgan fingerprint density at radius 1 is 1.42 bits per heavy atom. The lowest BCUT2D eigenvalue weighted by Crippen LogP contribution is -2.50. The minimum Gasteiger partial charge on any atom is -0.392 e. The monoisotopic (exact) mass is 364 g/mol. The number of anilines is 1. The molecular weight excluding hydrogens is 345 g/mol. The van der Waals surface area contributed by atoms with E-state index in [9.17, 15) is 23.1 Å². The van der Waals surface area contributed by atoms with Crippen molar-refractivity contribution >= 4 is 23.2 Å². The fourth-order valence-corrected chi connectivity index (χ4v) is 3.11. The van der Waals surface area contributed by atoms with E-state index in [0.717, 1.165) is 12.1 Å². The van der Waals surface area contributed by atoms with Crippen molar-refractivity contribution in [1.29, 1.82) is 0 Å². The molecule has 24 heavy (non-hydrogen) atoms. The van der Waals surface area contributed by atoms with Crippen molar-refractivity contribution in [2.45, 2.75) is 38.6 Å². The van der Waals surface area contributed by atoms with Crippen molar-refractivity contribution in [3.63, 3.8) is 0 Å². The molecule has 1 fully saturated rings. The highest BCUT2D eigenvalue weighted by atomic mass is 35.5. The van der Waals surface area contributed by atoms with Crippen LogP contribution in [0.5, 0.6) is 0 Å². The molecule has 1 aliphatic heterocycles. The molecule has 0 aliphatic carbocycles. The van der Waals surface area contributed by atoms with Gasteiger partial charge in [0.1, 0.15) is 0 Å². The predicted molar refractivity (Wildman–Crippen MR) is 85.9 cm³/mol. The maximum absolute atomic E-state index is 13.1. The summed E-state index contributed by atoms with van der Waals surface area (Å²) in [6.07, 6.45) is -4.50. The summed E-state index contributed by atoms with van der Waals surface area (Å²) in [6, 6.07) is 2.57. The molecule has 4 nitrogen and oxygen atoms in total. The molecule has 1 saturated heterocycles. The number of hydrogen-bond donors (Lipinski definition) is 2. The second-order valence-electron chi connectivity index (χ2n) is 6.30. The molecule has 2 N–H and O–H groups in total. The van der Waals surface area contributed by atoms with Crippen molar-refractivity contribution < 1.29 is 23.1 Å². The van der Waals surface area contributed by atoms with E-state index in [2.05, 4.69) is 5.32 Å². The van der Waals surface area contributed by atoms with Crippen LogP contribution in [0.15, 0.2) is 18.2 Å². The Kier molecular flexibility index (Phi) is 5.78. The standard InChI is InChI=1S/C16H20ClF3N2O2/c1-9-5-12(23)8-22(7-9)10(2)15(24)21-14-4-3-11(17)6-13(14)16(18,19)20/h3-4,6,9-10,12,23H,5,7-8H2,1-2H3,(H,21,24). The number of likely N-dealkylation sites (tertiary alicyclic amines) is 1.